The Bertz CT molecular complexity index is 767. The molecule has 0 unspecified atom stereocenters. The molecule has 0 aliphatic rings. The zero-order valence-electron chi connectivity index (χ0n) is 17.2. The Morgan fingerprint density at radius 2 is 1.67 bits per heavy atom. The van der Waals surface area contributed by atoms with Crippen LogP contribution in [0.3, 0.4) is 0 Å². The zero-order valence-corrected chi connectivity index (χ0v) is 18.9. The molecule has 8 heteroatoms. The molecule has 0 bridgehead atoms. The maximum Gasteiger partial charge on any atom is 0.274 e. The van der Waals surface area contributed by atoms with Crippen LogP contribution in [0.5, 0.6) is 0 Å². The Morgan fingerprint density at radius 1 is 1.07 bits per heavy atom. The highest BCUT2D eigenvalue weighted by Gasteiger charge is 2.29. The second kappa shape index (κ2) is 9.37. The second-order valence-electron chi connectivity index (χ2n) is 8.18. The third-order valence-electron chi connectivity index (χ3n) is 3.89. The molecule has 6 nitrogen and oxygen atoms in total. The van der Waals surface area contributed by atoms with E-state index in [4.69, 9.17) is 10.2 Å². The number of nitrogens with one attached hydrogen (secondary N) is 2. The number of nitrogens with two attached hydrogens (primary N) is 1. The molecule has 2 rings (SSSR count). The van der Waals surface area contributed by atoms with E-state index >= 15 is 0 Å². The molecular formula is C19H33N4O2PS. The van der Waals surface area contributed by atoms with E-state index in [1.54, 1.807) is 6.07 Å². The van der Waals surface area contributed by atoms with Crippen LogP contribution >= 0.6 is 18.8 Å². The number of thiazole rings is 1. The number of rotatable bonds is 10. The van der Waals surface area contributed by atoms with Crippen molar-refractivity contribution in [1.82, 2.24) is 15.2 Å². The summed E-state index contributed by atoms with van der Waals surface area (Å²) in [6.07, 6.45) is 0.884. The van der Waals surface area contributed by atoms with Gasteiger partial charge < -0.3 is 10.2 Å². The smallest absolute Gasteiger partial charge is 0.274 e. The van der Waals surface area contributed by atoms with Crippen molar-refractivity contribution in [3.63, 3.8) is 0 Å². The SMILES string of the molecule is CC(C)CNP(=O)(NCC(C)C)c1ccc(-c2nc(N)sc2CC(C)C)o1. The molecule has 0 aromatic carbocycles. The molecule has 0 aliphatic carbocycles. The molecule has 0 saturated carbocycles. The van der Waals surface area contributed by atoms with Crippen LogP contribution in [0.15, 0.2) is 16.5 Å². The van der Waals surface area contributed by atoms with Gasteiger partial charge in [-0.3, -0.25) is 4.57 Å². The van der Waals surface area contributed by atoms with Crippen molar-refractivity contribution in [2.45, 2.75) is 48.0 Å². The maximum atomic E-state index is 13.6. The molecule has 2 aromatic heterocycles. The van der Waals surface area contributed by atoms with E-state index in [1.165, 1.54) is 11.3 Å². The zero-order chi connectivity index (χ0) is 20.2. The molecular weight excluding hydrogens is 379 g/mol. The standard InChI is InChI=1S/C19H33N4O2PS/c1-12(2)9-16-18(23-19(20)27-16)15-7-8-17(25-15)26(24,21-10-13(3)4)22-11-14(5)6/h7-8,12-14H,9-11H2,1-6H3,(H2,20,23)(H2,21,22,24). The van der Waals surface area contributed by atoms with Crippen LogP contribution in [0.1, 0.15) is 46.4 Å². The van der Waals surface area contributed by atoms with E-state index in [0.717, 1.165) is 17.0 Å². The van der Waals surface area contributed by atoms with Gasteiger partial charge in [0.05, 0.1) is 0 Å². The van der Waals surface area contributed by atoms with Gasteiger partial charge >= 0.3 is 0 Å². The summed E-state index contributed by atoms with van der Waals surface area (Å²) >= 11 is 1.49. The van der Waals surface area contributed by atoms with Gasteiger partial charge in [0.25, 0.3) is 7.44 Å². The van der Waals surface area contributed by atoms with Gasteiger partial charge in [-0.05, 0) is 36.3 Å². The molecule has 0 fully saturated rings. The van der Waals surface area contributed by atoms with Crippen molar-refractivity contribution in [2.24, 2.45) is 17.8 Å². The predicted octanol–water partition coefficient (Wildman–Crippen LogP) is 4.49. The number of hydrogen-bond acceptors (Lipinski definition) is 5. The molecule has 27 heavy (non-hydrogen) atoms. The lowest BCUT2D eigenvalue weighted by Gasteiger charge is -2.21. The monoisotopic (exact) mass is 412 g/mol. The third-order valence-corrected chi connectivity index (χ3v) is 6.91. The molecule has 152 valence electrons. The van der Waals surface area contributed by atoms with Gasteiger partial charge in [-0.1, -0.05) is 41.5 Å². The lowest BCUT2D eigenvalue weighted by molar-refractivity contribution is 0.520. The van der Waals surface area contributed by atoms with E-state index < -0.39 is 7.44 Å². The van der Waals surface area contributed by atoms with Gasteiger partial charge in [0.15, 0.2) is 16.4 Å². The van der Waals surface area contributed by atoms with Gasteiger partial charge in [0, 0.05) is 18.0 Å². The normalized spacial score (nSPS) is 12.6. The molecule has 0 saturated heterocycles. The first-order chi connectivity index (χ1) is 12.6. The van der Waals surface area contributed by atoms with Crippen LogP contribution in [-0.4, -0.2) is 18.1 Å². The van der Waals surface area contributed by atoms with E-state index in [2.05, 4.69) is 56.7 Å². The van der Waals surface area contributed by atoms with Crippen molar-refractivity contribution in [2.75, 3.05) is 18.8 Å². The highest BCUT2D eigenvalue weighted by Crippen LogP contribution is 2.39. The summed E-state index contributed by atoms with van der Waals surface area (Å²) in [4.78, 5) is 5.55. The fourth-order valence-corrected chi connectivity index (χ4v) is 5.76. The topological polar surface area (TPSA) is 93.2 Å². The Hall–Kier alpha value is -1.14. The summed E-state index contributed by atoms with van der Waals surface area (Å²) < 4.78 is 19.6. The number of nitrogens with zero attached hydrogens (tertiary/aromatic N) is 1. The summed E-state index contributed by atoms with van der Waals surface area (Å²) in [6.45, 7) is 13.9. The first-order valence-corrected chi connectivity index (χ1v) is 12.1. The minimum Gasteiger partial charge on any atom is -0.449 e. The fourth-order valence-electron chi connectivity index (χ4n) is 2.53. The summed E-state index contributed by atoms with van der Waals surface area (Å²) in [5.74, 6) is 1.87. The molecule has 2 aromatic rings. The van der Waals surface area contributed by atoms with E-state index in [1.807, 2.05) is 6.07 Å². The number of nitrogen functional groups attached to an aromatic ring is 1. The molecule has 0 atom stereocenters. The molecule has 2 heterocycles. The van der Waals surface area contributed by atoms with Crippen molar-refractivity contribution >= 4 is 29.4 Å². The lowest BCUT2D eigenvalue weighted by Crippen LogP contribution is -2.33. The van der Waals surface area contributed by atoms with Crippen LogP contribution in [0.25, 0.3) is 11.5 Å². The molecule has 0 spiro atoms. The van der Waals surface area contributed by atoms with Gasteiger partial charge in [0.1, 0.15) is 5.69 Å². The van der Waals surface area contributed by atoms with Crippen molar-refractivity contribution < 1.29 is 8.98 Å². The highest BCUT2D eigenvalue weighted by molar-refractivity contribution is 7.67. The van der Waals surface area contributed by atoms with Crippen molar-refractivity contribution in [3.05, 3.63) is 17.0 Å². The van der Waals surface area contributed by atoms with Crippen LogP contribution in [0, 0.1) is 17.8 Å². The van der Waals surface area contributed by atoms with Crippen LogP contribution in [0.2, 0.25) is 0 Å². The van der Waals surface area contributed by atoms with Crippen molar-refractivity contribution in [3.8, 4) is 11.5 Å². The number of hydrogen-bond donors (Lipinski definition) is 3. The van der Waals surface area contributed by atoms with Crippen LogP contribution in [0.4, 0.5) is 5.13 Å². The lowest BCUT2D eigenvalue weighted by atomic mass is 10.1. The van der Waals surface area contributed by atoms with E-state index in [-0.39, 0.29) is 0 Å². The van der Waals surface area contributed by atoms with E-state index in [0.29, 0.717) is 47.2 Å². The van der Waals surface area contributed by atoms with Gasteiger partial charge in [0.2, 0.25) is 0 Å². The summed E-state index contributed by atoms with van der Waals surface area (Å²) in [7, 11) is -3.04. The highest BCUT2D eigenvalue weighted by atomic mass is 32.1. The van der Waals surface area contributed by atoms with E-state index in [9.17, 15) is 4.57 Å². The average molecular weight is 413 g/mol. The number of aromatic nitrogens is 1. The van der Waals surface area contributed by atoms with Crippen molar-refractivity contribution in [1.29, 1.82) is 0 Å². The molecule has 4 N–H and O–H groups in total. The largest absolute Gasteiger partial charge is 0.449 e. The molecule has 0 aliphatic heterocycles. The Labute approximate surface area is 166 Å². The quantitative estimate of drug-likeness (QED) is 0.498. The Balaban J connectivity index is 2.33. The second-order valence-corrected chi connectivity index (χ2v) is 11.6. The first kappa shape index (κ1) is 22.2. The fraction of sp³-hybridized carbons (Fsp3) is 0.632. The van der Waals surface area contributed by atoms with Crippen LogP contribution in [-0.2, 0) is 11.0 Å². The van der Waals surface area contributed by atoms with Crippen LogP contribution < -0.4 is 21.4 Å². The number of anilines is 1. The Kier molecular flexibility index (Phi) is 7.69. The molecule has 0 radical (unpaired) electrons. The summed E-state index contributed by atoms with van der Waals surface area (Å²) in [6, 6.07) is 3.62. The summed E-state index contributed by atoms with van der Waals surface area (Å²) in [5.41, 5.74) is 7.13. The summed E-state index contributed by atoms with van der Waals surface area (Å²) in [5, 5.41) is 6.91. The Morgan fingerprint density at radius 3 is 2.19 bits per heavy atom. The minimum atomic E-state index is -3.04. The van der Waals surface area contributed by atoms with Gasteiger partial charge in [-0.25, -0.2) is 15.2 Å². The molecule has 0 amide bonds. The first-order valence-electron chi connectivity index (χ1n) is 9.57. The predicted molar refractivity (Wildman–Crippen MR) is 116 cm³/mol. The average Bonchev–Trinajstić information content (AvgIpc) is 3.17. The van der Waals surface area contributed by atoms with Gasteiger partial charge in [-0.15, -0.1) is 11.3 Å². The minimum absolute atomic E-state index is 0.379. The third kappa shape index (κ3) is 6.18. The maximum absolute atomic E-state index is 13.6. The van der Waals surface area contributed by atoms with Gasteiger partial charge in [-0.2, -0.15) is 0 Å². The number of furan rings is 1.